The fourth-order valence-corrected chi connectivity index (χ4v) is 3.78. The lowest BCUT2D eigenvalue weighted by Crippen LogP contribution is -2.54. The highest BCUT2D eigenvalue weighted by atomic mass is 19.4. The minimum absolute atomic E-state index is 0.125. The molecule has 1 aromatic carbocycles. The molecule has 0 radical (unpaired) electrons. The average Bonchev–Trinajstić information content (AvgIpc) is 2.74. The van der Waals surface area contributed by atoms with Crippen LogP contribution in [0.15, 0.2) is 24.3 Å². The lowest BCUT2D eigenvalue weighted by Gasteiger charge is -2.36. The third kappa shape index (κ3) is 7.24. The molecule has 1 atom stereocenters. The Kier molecular flexibility index (Phi) is 9.09. The molecule has 0 saturated carbocycles. The van der Waals surface area contributed by atoms with Crippen LogP contribution in [0.3, 0.4) is 0 Å². The van der Waals surface area contributed by atoms with Crippen LogP contribution >= 0.6 is 0 Å². The highest BCUT2D eigenvalue weighted by Gasteiger charge is 2.34. The van der Waals surface area contributed by atoms with Crippen molar-refractivity contribution in [3.05, 3.63) is 35.4 Å². The summed E-state index contributed by atoms with van der Waals surface area (Å²) in [6, 6.07) is 3.50. The van der Waals surface area contributed by atoms with Crippen molar-refractivity contribution in [1.29, 1.82) is 0 Å². The van der Waals surface area contributed by atoms with Crippen molar-refractivity contribution in [3.8, 4) is 0 Å². The second kappa shape index (κ2) is 11.3. The number of carbonyl (C=O) groups is 3. The van der Waals surface area contributed by atoms with Crippen molar-refractivity contribution in [2.75, 3.05) is 19.6 Å². The van der Waals surface area contributed by atoms with Crippen molar-refractivity contribution in [1.82, 2.24) is 15.5 Å². The Labute approximate surface area is 186 Å². The van der Waals surface area contributed by atoms with Gasteiger partial charge in [-0.2, -0.15) is 13.2 Å². The Morgan fingerprint density at radius 2 is 1.69 bits per heavy atom. The van der Waals surface area contributed by atoms with E-state index in [0.29, 0.717) is 38.9 Å². The molecule has 32 heavy (non-hydrogen) atoms. The number of carbonyl (C=O) groups excluding carboxylic acids is 3. The predicted molar refractivity (Wildman–Crippen MR) is 115 cm³/mol. The maximum absolute atomic E-state index is 12.7. The van der Waals surface area contributed by atoms with Crippen molar-refractivity contribution in [3.63, 3.8) is 0 Å². The molecule has 1 aliphatic heterocycles. The van der Waals surface area contributed by atoms with Crippen LogP contribution in [0.25, 0.3) is 0 Å². The molecule has 6 nitrogen and oxygen atoms in total. The zero-order valence-electron chi connectivity index (χ0n) is 18.8. The standard InChI is InChI=1S/C23H32F3N3O3/c1-4-11-27-21(31)20(28-19(30)14-15(2)3)16-9-12-29(13-10-16)22(32)17-5-7-18(8-6-17)23(24,25)26/h5-8,15-16,20H,4,9-14H2,1-3H3,(H,27,31)(H,28,30). The Morgan fingerprint density at radius 1 is 1.09 bits per heavy atom. The van der Waals surface area contributed by atoms with E-state index < -0.39 is 17.8 Å². The van der Waals surface area contributed by atoms with Crippen LogP contribution in [0.5, 0.6) is 0 Å². The summed E-state index contributed by atoms with van der Waals surface area (Å²) in [6.07, 6.45) is -2.33. The Balaban J connectivity index is 2.02. The number of likely N-dealkylation sites (tertiary alicyclic amines) is 1. The van der Waals surface area contributed by atoms with Gasteiger partial charge in [-0.3, -0.25) is 14.4 Å². The van der Waals surface area contributed by atoms with Crippen LogP contribution in [0.2, 0.25) is 0 Å². The SMILES string of the molecule is CCCNC(=O)C(NC(=O)CC(C)C)C1CCN(C(=O)c2ccc(C(F)(F)F)cc2)CC1. The molecule has 1 aromatic rings. The van der Waals surface area contributed by atoms with Gasteiger partial charge in [-0.1, -0.05) is 20.8 Å². The fraction of sp³-hybridized carbons (Fsp3) is 0.609. The summed E-state index contributed by atoms with van der Waals surface area (Å²) >= 11 is 0. The third-order valence-electron chi connectivity index (χ3n) is 5.50. The van der Waals surface area contributed by atoms with Gasteiger partial charge in [-0.25, -0.2) is 0 Å². The number of alkyl halides is 3. The summed E-state index contributed by atoms with van der Waals surface area (Å²) in [5.41, 5.74) is -0.607. The third-order valence-corrected chi connectivity index (χ3v) is 5.50. The molecule has 0 bridgehead atoms. The number of hydrogen-bond donors (Lipinski definition) is 2. The topological polar surface area (TPSA) is 78.5 Å². The van der Waals surface area contributed by atoms with Crippen LogP contribution in [0, 0.1) is 11.8 Å². The molecular formula is C23H32F3N3O3. The summed E-state index contributed by atoms with van der Waals surface area (Å²) < 4.78 is 38.2. The highest BCUT2D eigenvalue weighted by molar-refractivity contribution is 5.94. The number of hydrogen-bond acceptors (Lipinski definition) is 3. The summed E-state index contributed by atoms with van der Waals surface area (Å²) in [6.45, 7) is 7.04. The highest BCUT2D eigenvalue weighted by Crippen LogP contribution is 2.29. The van der Waals surface area contributed by atoms with Gasteiger partial charge in [0.05, 0.1) is 5.56 Å². The monoisotopic (exact) mass is 455 g/mol. The lowest BCUT2D eigenvalue weighted by atomic mass is 9.88. The zero-order chi connectivity index (χ0) is 23.9. The first-order valence-corrected chi connectivity index (χ1v) is 11.1. The maximum Gasteiger partial charge on any atom is 0.416 e. The molecule has 0 aromatic heterocycles. The average molecular weight is 456 g/mol. The number of halogens is 3. The van der Waals surface area contributed by atoms with Crippen LogP contribution in [0.1, 0.15) is 62.4 Å². The van der Waals surface area contributed by atoms with Gasteiger partial charge in [0.15, 0.2) is 0 Å². The molecule has 1 saturated heterocycles. The molecule has 2 N–H and O–H groups in total. The van der Waals surface area contributed by atoms with Crippen molar-refractivity contribution in [2.45, 2.75) is 58.7 Å². The summed E-state index contributed by atoms with van der Waals surface area (Å²) in [7, 11) is 0. The van der Waals surface area contributed by atoms with Gasteiger partial charge in [0, 0.05) is 31.6 Å². The molecule has 0 spiro atoms. The van der Waals surface area contributed by atoms with E-state index in [-0.39, 0.29) is 35.1 Å². The van der Waals surface area contributed by atoms with Crippen LogP contribution in [-0.2, 0) is 15.8 Å². The second-order valence-electron chi connectivity index (χ2n) is 8.64. The molecular weight excluding hydrogens is 423 g/mol. The summed E-state index contributed by atoms with van der Waals surface area (Å²) in [5, 5.41) is 5.70. The van der Waals surface area contributed by atoms with E-state index >= 15 is 0 Å². The van der Waals surface area contributed by atoms with Crippen LogP contribution < -0.4 is 10.6 Å². The first-order valence-electron chi connectivity index (χ1n) is 11.1. The first kappa shape index (κ1) is 25.7. The van der Waals surface area contributed by atoms with Crippen LogP contribution in [-0.4, -0.2) is 48.3 Å². The molecule has 1 heterocycles. The molecule has 1 unspecified atom stereocenters. The number of amides is 3. The molecule has 1 aliphatic rings. The van der Waals surface area contributed by atoms with Crippen LogP contribution in [0.4, 0.5) is 13.2 Å². The number of nitrogens with one attached hydrogen (secondary N) is 2. The van der Waals surface area contributed by atoms with E-state index in [2.05, 4.69) is 10.6 Å². The fourth-order valence-electron chi connectivity index (χ4n) is 3.78. The van der Waals surface area contributed by atoms with Gasteiger partial charge in [0.25, 0.3) is 5.91 Å². The molecule has 9 heteroatoms. The second-order valence-corrected chi connectivity index (χ2v) is 8.64. The van der Waals surface area contributed by atoms with E-state index in [9.17, 15) is 27.6 Å². The Bertz CT molecular complexity index is 786. The van der Waals surface area contributed by atoms with E-state index in [1.54, 1.807) is 4.90 Å². The smallest absolute Gasteiger partial charge is 0.354 e. The largest absolute Gasteiger partial charge is 0.416 e. The maximum atomic E-state index is 12.7. The van der Waals surface area contributed by atoms with Crippen molar-refractivity contribution < 1.29 is 27.6 Å². The van der Waals surface area contributed by atoms with Gasteiger partial charge in [-0.05, 0) is 55.4 Å². The lowest BCUT2D eigenvalue weighted by molar-refractivity contribution is -0.137. The first-order chi connectivity index (χ1) is 15.0. The van der Waals surface area contributed by atoms with E-state index in [1.165, 1.54) is 12.1 Å². The van der Waals surface area contributed by atoms with Gasteiger partial charge in [0.2, 0.25) is 11.8 Å². The normalized spacial score (nSPS) is 16.0. The summed E-state index contributed by atoms with van der Waals surface area (Å²) in [5.74, 6) is -0.707. The van der Waals surface area contributed by atoms with Gasteiger partial charge in [-0.15, -0.1) is 0 Å². The minimum Gasteiger partial charge on any atom is -0.354 e. The molecule has 1 fully saturated rings. The van der Waals surface area contributed by atoms with Crippen molar-refractivity contribution >= 4 is 17.7 Å². The Morgan fingerprint density at radius 3 is 2.19 bits per heavy atom. The predicted octanol–water partition coefficient (Wildman–Crippen LogP) is 3.61. The zero-order valence-corrected chi connectivity index (χ0v) is 18.8. The van der Waals surface area contributed by atoms with E-state index in [4.69, 9.17) is 0 Å². The summed E-state index contributed by atoms with van der Waals surface area (Å²) in [4.78, 5) is 39.3. The van der Waals surface area contributed by atoms with Gasteiger partial charge >= 0.3 is 6.18 Å². The molecule has 2 rings (SSSR count). The molecule has 3 amide bonds. The van der Waals surface area contributed by atoms with E-state index in [0.717, 1.165) is 18.6 Å². The number of piperidine rings is 1. The van der Waals surface area contributed by atoms with E-state index in [1.807, 2.05) is 20.8 Å². The molecule has 178 valence electrons. The van der Waals surface area contributed by atoms with Crippen molar-refractivity contribution in [2.24, 2.45) is 11.8 Å². The Hall–Kier alpha value is -2.58. The van der Waals surface area contributed by atoms with Gasteiger partial charge < -0.3 is 15.5 Å². The number of nitrogens with zero attached hydrogens (tertiary/aromatic N) is 1. The number of rotatable bonds is 8. The van der Waals surface area contributed by atoms with Gasteiger partial charge in [0.1, 0.15) is 6.04 Å². The molecule has 0 aliphatic carbocycles. The number of benzene rings is 1. The minimum atomic E-state index is -4.45. The quantitative estimate of drug-likeness (QED) is 0.629.